The maximum atomic E-state index is 7.39. The van der Waals surface area contributed by atoms with Crippen molar-refractivity contribution in [3.05, 3.63) is 42.2 Å². The van der Waals surface area contributed by atoms with Gasteiger partial charge in [-0.1, -0.05) is 6.07 Å². The highest BCUT2D eigenvalue weighted by Gasteiger charge is 2.21. The van der Waals surface area contributed by atoms with Crippen LogP contribution in [0.4, 0.5) is 0 Å². The van der Waals surface area contributed by atoms with Crippen molar-refractivity contribution in [2.75, 3.05) is 6.54 Å². The Bertz CT molecular complexity index is 683. The molecule has 4 nitrogen and oxygen atoms in total. The molecule has 1 fully saturated rings. The summed E-state index contributed by atoms with van der Waals surface area (Å²) in [5.41, 5.74) is 8.55. The topological polar surface area (TPSA) is 66.8 Å². The van der Waals surface area contributed by atoms with E-state index in [0.717, 1.165) is 24.2 Å². The Morgan fingerprint density at radius 2 is 2.33 bits per heavy atom. The smallest absolute Gasteiger partial charge is 0.0480 e. The van der Waals surface area contributed by atoms with Crippen LogP contribution in [0.1, 0.15) is 18.9 Å². The summed E-state index contributed by atoms with van der Waals surface area (Å²) >= 11 is 0. The first kappa shape index (κ1) is 13.9. The molecule has 0 bridgehead atoms. The maximum Gasteiger partial charge on any atom is 0.0480 e. The van der Waals surface area contributed by atoms with E-state index in [1.807, 2.05) is 6.07 Å². The highest BCUT2D eigenvalue weighted by molar-refractivity contribution is 6.09. The summed E-state index contributed by atoms with van der Waals surface area (Å²) in [6.45, 7) is 4.41. The average molecular weight is 282 g/mol. The minimum absolute atomic E-state index is 0.633. The Morgan fingerprint density at radius 3 is 3.00 bits per heavy atom. The normalized spacial score (nSPS) is 22.8. The lowest BCUT2D eigenvalue weighted by molar-refractivity contribution is 0.483. The number of aromatic nitrogens is 1. The summed E-state index contributed by atoms with van der Waals surface area (Å²) in [6, 6.07) is 9.04. The maximum absolute atomic E-state index is 7.39. The molecule has 1 aliphatic rings. The van der Waals surface area contributed by atoms with Gasteiger partial charge < -0.3 is 21.0 Å². The highest BCUT2D eigenvalue weighted by Crippen LogP contribution is 2.24. The molecule has 0 radical (unpaired) electrons. The van der Waals surface area contributed by atoms with Crippen molar-refractivity contribution in [1.29, 1.82) is 5.41 Å². The Kier molecular flexibility index (Phi) is 3.80. The van der Waals surface area contributed by atoms with E-state index in [0.29, 0.717) is 12.0 Å². The average Bonchev–Trinajstić information content (AvgIpc) is 3.07. The molecule has 0 aliphatic carbocycles. The van der Waals surface area contributed by atoms with Gasteiger partial charge in [-0.25, -0.2) is 0 Å². The van der Waals surface area contributed by atoms with Gasteiger partial charge in [0.05, 0.1) is 0 Å². The summed E-state index contributed by atoms with van der Waals surface area (Å²) in [6.07, 6.45) is 6.18. The number of allylic oxidation sites excluding steroid dienone is 1. The van der Waals surface area contributed by atoms with Crippen molar-refractivity contribution >= 4 is 22.7 Å². The largest absolute Gasteiger partial charge is 0.404 e. The van der Waals surface area contributed by atoms with E-state index in [-0.39, 0.29) is 0 Å². The van der Waals surface area contributed by atoms with Gasteiger partial charge in [0, 0.05) is 47.7 Å². The quantitative estimate of drug-likeness (QED) is 0.755. The number of benzene rings is 1. The van der Waals surface area contributed by atoms with Crippen molar-refractivity contribution in [2.45, 2.75) is 25.9 Å². The minimum Gasteiger partial charge on any atom is -0.404 e. The van der Waals surface area contributed by atoms with E-state index < -0.39 is 0 Å². The molecule has 4 heteroatoms. The molecule has 2 atom stereocenters. The standard InChI is InChI=1S/C17H22N4/c1-12-6-13(10-20-12)11-21-5-4-15-7-14(2-3-17(15)21)16(8-18)9-19/h2-5,7-9,12-13,18,20H,6,10-11,19H2,1H3/b16-9+,18-8?. The van der Waals surface area contributed by atoms with Crippen molar-refractivity contribution in [1.82, 2.24) is 9.88 Å². The summed E-state index contributed by atoms with van der Waals surface area (Å²) in [7, 11) is 0. The summed E-state index contributed by atoms with van der Waals surface area (Å²) < 4.78 is 2.33. The van der Waals surface area contributed by atoms with Gasteiger partial charge in [-0.15, -0.1) is 0 Å². The summed E-state index contributed by atoms with van der Waals surface area (Å²) in [4.78, 5) is 0. The van der Waals surface area contributed by atoms with Crippen LogP contribution in [-0.2, 0) is 6.54 Å². The van der Waals surface area contributed by atoms with Crippen LogP contribution in [0.3, 0.4) is 0 Å². The molecule has 1 saturated heterocycles. The van der Waals surface area contributed by atoms with Crippen LogP contribution in [0.2, 0.25) is 0 Å². The van der Waals surface area contributed by atoms with E-state index in [2.05, 4.69) is 41.2 Å². The third kappa shape index (κ3) is 2.72. The first-order valence-electron chi connectivity index (χ1n) is 7.46. The first-order valence-corrected chi connectivity index (χ1v) is 7.46. The fraction of sp³-hybridized carbons (Fsp3) is 0.353. The molecule has 0 amide bonds. The third-order valence-corrected chi connectivity index (χ3v) is 4.34. The van der Waals surface area contributed by atoms with Crippen LogP contribution < -0.4 is 11.1 Å². The fourth-order valence-electron chi connectivity index (χ4n) is 3.22. The zero-order valence-electron chi connectivity index (χ0n) is 12.3. The van der Waals surface area contributed by atoms with Crippen LogP contribution in [0.5, 0.6) is 0 Å². The van der Waals surface area contributed by atoms with Gasteiger partial charge in [0.1, 0.15) is 0 Å². The molecule has 4 N–H and O–H groups in total. The second-order valence-corrected chi connectivity index (χ2v) is 5.92. The molecule has 2 unspecified atom stereocenters. The van der Waals surface area contributed by atoms with Gasteiger partial charge in [0.15, 0.2) is 0 Å². The number of nitrogens with zero attached hydrogens (tertiary/aromatic N) is 1. The molecule has 1 aromatic heterocycles. The van der Waals surface area contributed by atoms with Crippen LogP contribution in [0.25, 0.3) is 16.5 Å². The number of nitrogens with one attached hydrogen (secondary N) is 2. The number of nitrogens with two attached hydrogens (primary N) is 1. The monoisotopic (exact) mass is 282 g/mol. The molecule has 1 aromatic carbocycles. The Hall–Kier alpha value is -2.07. The number of hydrogen-bond acceptors (Lipinski definition) is 3. The molecular weight excluding hydrogens is 260 g/mol. The number of rotatable bonds is 4. The van der Waals surface area contributed by atoms with E-state index in [1.54, 1.807) is 0 Å². The first-order chi connectivity index (χ1) is 10.2. The molecule has 3 rings (SSSR count). The Balaban J connectivity index is 1.87. The zero-order chi connectivity index (χ0) is 14.8. The number of fused-ring (bicyclic) bond motifs is 1. The van der Waals surface area contributed by atoms with Crippen molar-refractivity contribution in [3.8, 4) is 0 Å². The van der Waals surface area contributed by atoms with Crippen molar-refractivity contribution in [2.24, 2.45) is 11.7 Å². The van der Waals surface area contributed by atoms with Crippen molar-refractivity contribution in [3.63, 3.8) is 0 Å². The minimum atomic E-state index is 0.633. The molecule has 2 heterocycles. The van der Waals surface area contributed by atoms with Gasteiger partial charge in [-0.2, -0.15) is 0 Å². The third-order valence-electron chi connectivity index (χ3n) is 4.34. The summed E-state index contributed by atoms with van der Waals surface area (Å²) in [5, 5.41) is 12.1. The second kappa shape index (κ2) is 5.74. The van der Waals surface area contributed by atoms with Gasteiger partial charge in [-0.05, 0) is 49.6 Å². The van der Waals surface area contributed by atoms with Crippen LogP contribution >= 0.6 is 0 Å². The molecule has 110 valence electrons. The van der Waals surface area contributed by atoms with Gasteiger partial charge in [-0.3, -0.25) is 0 Å². The molecule has 21 heavy (non-hydrogen) atoms. The predicted molar refractivity (Wildman–Crippen MR) is 88.5 cm³/mol. The molecule has 2 aromatic rings. The SMILES string of the molecule is CC1CC(Cn2ccc3cc(/C(C=N)=C/N)ccc32)CN1. The molecule has 0 saturated carbocycles. The predicted octanol–water partition coefficient (Wildman–Crippen LogP) is 2.59. The summed E-state index contributed by atoms with van der Waals surface area (Å²) in [5.74, 6) is 0.705. The highest BCUT2D eigenvalue weighted by atomic mass is 15.0. The van der Waals surface area contributed by atoms with E-state index in [1.165, 1.54) is 29.7 Å². The lowest BCUT2D eigenvalue weighted by atomic mass is 10.1. The van der Waals surface area contributed by atoms with E-state index >= 15 is 0 Å². The molecule has 1 aliphatic heterocycles. The zero-order valence-corrected chi connectivity index (χ0v) is 12.3. The lowest BCUT2D eigenvalue weighted by Gasteiger charge is -2.11. The van der Waals surface area contributed by atoms with Crippen molar-refractivity contribution < 1.29 is 0 Å². The Morgan fingerprint density at radius 1 is 1.48 bits per heavy atom. The Labute approximate surface area is 125 Å². The van der Waals surface area contributed by atoms with E-state index in [4.69, 9.17) is 11.1 Å². The lowest BCUT2D eigenvalue weighted by Crippen LogP contribution is -2.17. The second-order valence-electron chi connectivity index (χ2n) is 5.92. The molecular formula is C17H22N4. The van der Waals surface area contributed by atoms with Crippen LogP contribution in [0.15, 0.2) is 36.7 Å². The van der Waals surface area contributed by atoms with Gasteiger partial charge >= 0.3 is 0 Å². The number of hydrogen-bond donors (Lipinski definition) is 3. The van der Waals surface area contributed by atoms with Gasteiger partial charge in [0.25, 0.3) is 0 Å². The van der Waals surface area contributed by atoms with Crippen LogP contribution in [-0.4, -0.2) is 23.4 Å². The van der Waals surface area contributed by atoms with E-state index in [9.17, 15) is 0 Å². The van der Waals surface area contributed by atoms with Crippen LogP contribution in [0, 0.1) is 11.3 Å². The fourth-order valence-corrected chi connectivity index (χ4v) is 3.22. The molecule has 0 spiro atoms. The van der Waals surface area contributed by atoms with Gasteiger partial charge in [0.2, 0.25) is 0 Å².